The highest BCUT2D eigenvalue weighted by atomic mass is 79.9. The van der Waals surface area contributed by atoms with E-state index in [4.69, 9.17) is 33.7 Å². The van der Waals surface area contributed by atoms with Crippen molar-refractivity contribution < 1.29 is 9.47 Å². The number of benzene rings is 2. The van der Waals surface area contributed by atoms with Crippen molar-refractivity contribution in [2.24, 2.45) is 0 Å². The molecule has 2 heterocycles. The van der Waals surface area contributed by atoms with Gasteiger partial charge in [0.25, 0.3) is 0 Å². The lowest BCUT2D eigenvalue weighted by Crippen LogP contribution is -2.37. The molecule has 0 bridgehead atoms. The SMILES string of the molecule is SC(c1ccccc1Br)C1COC(CCc2ccc(Cl)cc2)(Cn2ccnc2)O1. The fourth-order valence-electron chi connectivity index (χ4n) is 3.59. The third-order valence-electron chi connectivity index (χ3n) is 5.14. The molecule has 1 aliphatic heterocycles. The first-order chi connectivity index (χ1) is 14.0. The van der Waals surface area contributed by atoms with Crippen molar-refractivity contribution in [2.75, 3.05) is 6.61 Å². The van der Waals surface area contributed by atoms with E-state index in [2.05, 4.69) is 27.0 Å². The minimum Gasteiger partial charge on any atom is -0.345 e. The number of halogens is 2. The number of thiol groups is 1. The van der Waals surface area contributed by atoms with Gasteiger partial charge in [0.1, 0.15) is 6.10 Å². The summed E-state index contributed by atoms with van der Waals surface area (Å²) in [6.07, 6.45) is 6.88. The van der Waals surface area contributed by atoms with E-state index >= 15 is 0 Å². The van der Waals surface area contributed by atoms with Gasteiger partial charge in [-0.05, 0) is 35.7 Å². The number of imidazole rings is 1. The van der Waals surface area contributed by atoms with Crippen LogP contribution in [0, 0.1) is 0 Å². The zero-order chi connectivity index (χ0) is 20.3. The lowest BCUT2D eigenvalue weighted by Gasteiger charge is -2.29. The summed E-state index contributed by atoms with van der Waals surface area (Å²) in [6.45, 7) is 1.07. The quantitative estimate of drug-likeness (QED) is 0.428. The molecule has 4 nitrogen and oxygen atoms in total. The highest BCUT2D eigenvalue weighted by Crippen LogP contribution is 2.40. The van der Waals surface area contributed by atoms with Gasteiger partial charge in [-0.15, -0.1) is 0 Å². The minimum atomic E-state index is -0.729. The average Bonchev–Trinajstić information content (AvgIpc) is 3.38. The van der Waals surface area contributed by atoms with Crippen molar-refractivity contribution in [1.82, 2.24) is 9.55 Å². The molecule has 3 unspecified atom stereocenters. The Morgan fingerprint density at radius 1 is 1.24 bits per heavy atom. The summed E-state index contributed by atoms with van der Waals surface area (Å²) in [6, 6.07) is 16.0. The second kappa shape index (κ2) is 9.23. The Bertz CT molecular complexity index is 938. The van der Waals surface area contributed by atoms with Crippen molar-refractivity contribution in [3.05, 3.63) is 87.9 Å². The highest BCUT2D eigenvalue weighted by Gasteiger charge is 2.44. The second-order valence-electron chi connectivity index (χ2n) is 7.21. The van der Waals surface area contributed by atoms with Crippen molar-refractivity contribution in [3.8, 4) is 0 Å². The molecule has 0 spiro atoms. The van der Waals surface area contributed by atoms with E-state index in [1.165, 1.54) is 5.56 Å². The lowest BCUT2D eigenvalue weighted by molar-refractivity contribution is -0.182. The van der Waals surface area contributed by atoms with E-state index in [-0.39, 0.29) is 11.4 Å². The van der Waals surface area contributed by atoms with Gasteiger partial charge in [-0.3, -0.25) is 0 Å². The van der Waals surface area contributed by atoms with Crippen LogP contribution in [0.4, 0.5) is 0 Å². The van der Waals surface area contributed by atoms with Gasteiger partial charge in [-0.25, -0.2) is 4.98 Å². The summed E-state index contributed by atoms with van der Waals surface area (Å²) in [5.41, 5.74) is 2.30. The molecule has 4 rings (SSSR count). The van der Waals surface area contributed by atoms with Gasteiger partial charge < -0.3 is 14.0 Å². The first-order valence-corrected chi connectivity index (χ1v) is 11.2. The maximum absolute atomic E-state index is 6.54. The predicted molar refractivity (Wildman–Crippen MR) is 121 cm³/mol. The molecule has 3 aromatic rings. The predicted octanol–water partition coefficient (Wildman–Crippen LogP) is 5.71. The van der Waals surface area contributed by atoms with Crippen molar-refractivity contribution in [3.63, 3.8) is 0 Å². The Kier molecular flexibility index (Phi) is 6.66. The van der Waals surface area contributed by atoms with Gasteiger partial charge in [0.2, 0.25) is 0 Å². The molecular weight excluding hydrogens is 472 g/mol. The fraction of sp³-hybridized carbons (Fsp3) is 0.318. The smallest absolute Gasteiger partial charge is 0.187 e. The topological polar surface area (TPSA) is 36.3 Å². The fourth-order valence-corrected chi connectivity index (χ4v) is 4.79. The van der Waals surface area contributed by atoms with Crippen LogP contribution in [0.15, 0.2) is 71.7 Å². The molecule has 0 radical (unpaired) electrons. The molecule has 1 aromatic heterocycles. The standard InChI is InChI=1S/C22H22BrClN2O2S/c23-19-4-2-1-3-18(19)21(29)20-13-27-22(28-20,14-26-12-11-25-15-26)10-9-16-5-7-17(24)8-6-16/h1-8,11-12,15,20-21,29H,9-10,13-14H2. The Balaban J connectivity index is 1.51. The molecule has 29 heavy (non-hydrogen) atoms. The number of rotatable bonds is 7. The third-order valence-corrected chi connectivity index (χ3v) is 6.73. The van der Waals surface area contributed by atoms with Crippen LogP contribution in [0.5, 0.6) is 0 Å². The minimum absolute atomic E-state index is 0.0919. The van der Waals surface area contributed by atoms with E-state index in [0.29, 0.717) is 13.2 Å². The van der Waals surface area contributed by atoms with Crippen LogP contribution >= 0.6 is 40.2 Å². The summed E-state index contributed by atoms with van der Waals surface area (Å²) < 4.78 is 15.9. The Morgan fingerprint density at radius 3 is 2.76 bits per heavy atom. The molecule has 1 fully saturated rings. The van der Waals surface area contributed by atoms with Crippen molar-refractivity contribution >= 4 is 40.2 Å². The molecule has 2 aromatic carbocycles. The zero-order valence-corrected chi connectivity index (χ0v) is 19.0. The molecule has 152 valence electrons. The number of ether oxygens (including phenoxy) is 2. The molecular formula is C22H22BrClN2O2S. The van der Waals surface area contributed by atoms with E-state index < -0.39 is 5.79 Å². The Labute approximate surface area is 189 Å². The van der Waals surface area contributed by atoms with Crippen LogP contribution in [0.2, 0.25) is 5.02 Å². The highest BCUT2D eigenvalue weighted by molar-refractivity contribution is 9.10. The molecule has 0 N–H and O–H groups in total. The number of aromatic nitrogens is 2. The maximum atomic E-state index is 6.54. The van der Waals surface area contributed by atoms with Crippen LogP contribution in [0.25, 0.3) is 0 Å². The summed E-state index contributed by atoms with van der Waals surface area (Å²) in [7, 11) is 0. The largest absolute Gasteiger partial charge is 0.345 e. The summed E-state index contributed by atoms with van der Waals surface area (Å²) in [5, 5.41) is 0.646. The molecule has 0 aliphatic carbocycles. The van der Waals surface area contributed by atoms with Crippen molar-refractivity contribution in [2.45, 2.75) is 36.5 Å². The summed E-state index contributed by atoms with van der Waals surface area (Å²) >= 11 is 14.5. The number of hydrogen-bond donors (Lipinski definition) is 1. The van der Waals surface area contributed by atoms with Crippen LogP contribution < -0.4 is 0 Å². The third kappa shape index (κ3) is 5.06. The molecule has 3 atom stereocenters. The zero-order valence-electron chi connectivity index (χ0n) is 15.7. The summed E-state index contributed by atoms with van der Waals surface area (Å²) in [4.78, 5) is 4.15. The first-order valence-electron chi connectivity index (χ1n) is 9.49. The van der Waals surface area contributed by atoms with Crippen molar-refractivity contribution in [1.29, 1.82) is 0 Å². The number of hydrogen-bond acceptors (Lipinski definition) is 4. The molecule has 1 saturated heterocycles. The van der Waals surface area contributed by atoms with E-state index in [9.17, 15) is 0 Å². The van der Waals surface area contributed by atoms with Gasteiger partial charge in [0.05, 0.1) is 24.7 Å². The molecule has 0 amide bonds. The first kappa shape index (κ1) is 20.9. The van der Waals surface area contributed by atoms with Crippen LogP contribution in [0.3, 0.4) is 0 Å². The normalized spacial score (nSPS) is 22.7. The van der Waals surface area contributed by atoms with Gasteiger partial charge in [-0.1, -0.05) is 57.9 Å². The van der Waals surface area contributed by atoms with Gasteiger partial charge >= 0.3 is 0 Å². The van der Waals surface area contributed by atoms with E-state index in [0.717, 1.165) is 27.9 Å². The van der Waals surface area contributed by atoms with Crippen LogP contribution in [-0.4, -0.2) is 28.0 Å². The van der Waals surface area contributed by atoms with Crippen LogP contribution in [0.1, 0.15) is 22.8 Å². The van der Waals surface area contributed by atoms with Gasteiger partial charge in [0, 0.05) is 28.3 Å². The van der Waals surface area contributed by atoms with E-state index in [1.807, 2.05) is 53.2 Å². The van der Waals surface area contributed by atoms with Gasteiger partial charge in [0.15, 0.2) is 5.79 Å². The van der Waals surface area contributed by atoms with Crippen LogP contribution in [-0.2, 0) is 22.4 Å². The second-order valence-corrected chi connectivity index (χ2v) is 9.05. The Morgan fingerprint density at radius 2 is 2.03 bits per heavy atom. The molecule has 7 heteroatoms. The Hall–Kier alpha value is -1.31. The maximum Gasteiger partial charge on any atom is 0.187 e. The molecule has 1 aliphatic rings. The number of nitrogens with zero attached hydrogens (tertiary/aromatic N) is 2. The number of aryl methyl sites for hydroxylation is 1. The average molecular weight is 494 g/mol. The van der Waals surface area contributed by atoms with Gasteiger partial charge in [-0.2, -0.15) is 12.6 Å². The monoisotopic (exact) mass is 492 g/mol. The lowest BCUT2D eigenvalue weighted by atomic mass is 10.0. The molecule has 0 saturated carbocycles. The summed E-state index contributed by atoms with van der Waals surface area (Å²) in [5.74, 6) is -0.729. The van der Waals surface area contributed by atoms with E-state index in [1.54, 1.807) is 12.5 Å².